The van der Waals surface area contributed by atoms with Crippen LogP contribution in [0.3, 0.4) is 0 Å². The lowest BCUT2D eigenvalue weighted by atomic mass is 10.0. The zero-order valence-corrected chi connectivity index (χ0v) is 9.26. The Balaban J connectivity index is 2.50. The van der Waals surface area contributed by atoms with Crippen molar-refractivity contribution in [3.8, 4) is 0 Å². The summed E-state index contributed by atoms with van der Waals surface area (Å²) in [4.78, 5) is 13.9. The highest BCUT2D eigenvalue weighted by molar-refractivity contribution is 5.81. The molecule has 2 heteroatoms. The minimum absolute atomic E-state index is 0.225. The molecule has 0 aromatic heterocycles. The Hall–Kier alpha value is -0.370. The van der Waals surface area contributed by atoms with E-state index < -0.39 is 0 Å². The van der Waals surface area contributed by atoms with Gasteiger partial charge in [0.25, 0.3) is 0 Å². The van der Waals surface area contributed by atoms with Gasteiger partial charge in [0.2, 0.25) is 0 Å². The summed E-state index contributed by atoms with van der Waals surface area (Å²) < 4.78 is 0. The van der Waals surface area contributed by atoms with E-state index in [1.54, 1.807) is 0 Å². The number of hydrogen-bond donors (Lipinski definition) is 0. The smallest absolute Gasteiger partial charge is 0.137 e. The molecule has 1 aliphatic rings. The van der Waals surface area contributed by atoms with Crippen molar-refractivity contribution < 1.29 is 4.79 Å². The molecular formula is C11H21NO. The van der Waals surface area contributed by atoms with Gasteiger partial charge in [-0.3, -0.25) is 9.69 Å². The summed E-state index contributed by atoms with van der Waals surface area (Å²) in [5.74, 6) is 0.746. The number of hydrogen-bond acceptors (Lipinski definition) is 2. The molecule has 0 bridgehead atoms. The average Bonchev–Trinajstić information content (AvgIpc) is 2.50. The zero-order chi connectivity index (χ0) is 10.1. The quantitative estimate of drug-likeness (QED) is 0.653. The maximum Gasteiger partial charge on any atom is 0.137 e. The minimum atomic E-state index is 0.225. The number of nitrogens with zero attached hydrogens (tertiary/aromatic N) is 1. The monoisotopic (exact) mass is 183 g/mol. The second kappa shape index (κ2) is 3.79. The summed E-state index contributed by atoms with van der Waals surface area (Å²) >= 11 is 0. The molecule has 1 fully saturated rings. The van der Waals surface area contributed by atoms with Crippen LogP contribution in [0, 0.1) is 5.92 Å². The molecule has 0 saturated carbocycles. The van der Waals surface area contributed by atoms with Gasteiger partial charge in [-0.2, -0.15) is 0 Å². The van der Waals surface area contributed by atoms with Crippen molar-refractivity contribution in [3.63, 3.8) is 0 Å². The molecule has 0 spiro atoms. The van der Waals surface area contributed by atoms with Crippen molar-refractivity contribution in [1.29, 1.82) is 0 Å². The van der Waals surface area contributed by atoms with E-state index in [1.807, 2.05) is 6.92 Å². The van der Waals surface area contributed by atoms with Crippen LogP contribution in [-0.4, -0.2) is 29.3 Å². The van der Waals surface area contributed by atoms with E-state index in [4.69, 9.17) is 0 Å². The van der Waals surface area contributed by atoms with Gasteiger partial charge in [0, 0.05) is 24.4 Å². The van der Waals surface area contributed by atoms with Crippen molar-refractivity contribution in [3.05, 3.63) is 0 Å². The van der Waals surface area contributed by atoms with Crippen LogP contribution in [0.5, 0.6) is 0 Å². The Morgan fingerprint density at radius 1 is 1.46 bits per heavy atom. The van der Waals surface area contributed by atoms with E-state index in [0.29, 0.717) is 18.1 Å². The highest BCUT2D eigenvalue weighted by Gasteiger charge is 2.32. The summed E-state index contributed by atoms with van der Waals surface area (Å²) in [5, 5.41) is 0. The van der Waals surface area contributed by atoms with Gasteiger partial charge in [-0.1, -0.05) is 6.92 Å². The first kappa shape index (κ1) is 10.7. The molecule has 0 aliphatic carbocycles. The van der Waals surface area contributed by atoms with E-state index >= 15 is 0 Å². The minimum Gasteiger partial charge on any atom is -0.299 e. The lowest BCUT2D eigenvalue weighted by Crippen LogP contribution is -2.39. The van der Waals surface area contributed by atoms with E-state index in [-0.39, 0.29) is 5.54 Å². The van der Waals surface area contributed by atoms with Crippen molar-refractivity contribution in [2.24, 2.45) is 5.92 Å². The summed E-state index contributed by atoms with van der Waals surface area (Å²) in [6.45, 7) is 10.7. The van der Waals surface area contributed by atoms with Crippen LogP contribution >= 0.6 is 0 Å². The summed E-state index contributed by atoms with van der Waals surface area (Å²) in [7, 11) is 0. The molecular weight excluding hydrogens is 162 g/mol. The molecule has 1 heterocycles. The molecule has 0 unspecified atom stereocenters. The molecule has 0 aromatic carbocycles. The number of carbonyl (C=O) groups excluding carboxylic acids is 1. The Bertz CT molecular complexity index is 193. The second-order valence-electron chi connectivity index (χ2n) is 4.92. The second-order valence-corrected chi connectivity index (χ2v) is 4.92. The van der Waals surface area contributed by atoms with Gasteiger partial charge in [-0.15, -0.1) is 0 Å². The molecule has 0 radical (unpaired) electrons. The summed E-state index contributed by atoms with van der Waals surface area (Å²) in [6, 6.07) is 0. The lowest BCUT2D eigenvalue weighted by molar-refractivity contribution is -0.122. The third-order valence-corrected chi connectivity index (χ3v) is 2.94. The third-order valence-electron chi connectivity index (χ3n) is 2.94. The molecule has 13 heavy (non-hydrogen) atoms. The van der Waals surface area contributed by atoms with Crippen molar-refractivity contribution in [1.82, 2.24) is 4.90 Å². The van der Waals surface area contributed by atoms with Crippen LogP contribution in [0.1, 0.15) is 40.5 Å². The largest absolute Gasteiger partial charge is 0.299 e. The van der Waals surface area contributed by atoms with Gasteiger partial charge in [0.1, 0.15) is 5.78 Å². The first-order valence-electron chi connectivity index (χ1n) is 5.23. The number of likely N-dealkylation sites (tertiary alicyclic amines) is 1. The van der Waals surface area contributed by atoms with Gasteiger partial charge in [-0.25, -0.2) is 0 Å². The summed E-state index contributed by atoms with van der Waals surface area (Å²) in [5.41, 5.74) is 0.225. The van der Waals surface area contributed by atoms with E-state index in [0.717, 1.165) is 19.5 Å². The molecule has 1 rings (SSSR count). The Kier molecular flexibility index (Phi) is 3.12. The predicted molar refractivity (Wildman–Crippen MR) is 54.7 cm³/mol. The van der Waals surface area contributed by atoms with Crippen LogP contribution < -0.4 is 0 Å². The standard InChI is InChI=1S/C11H21NO/c1-5-10(13)9-6-7-12(8-9)11(2,3)4/h9H,5-8H2,1-4H3/t9-/m1/s1. The fourth-order valence-electron chi connectivity index (χ4n) is 1.92. The van der Waals surface area contributed by atoms with Crippen LogP contribution in [0.2, 0.25) is 0 Å². The van der Waals surface area contributed by atoms with Crippen molar-refractivity contribution in [2.75, 3.05) is 13.1 Å². The van der Waals surface area contributed by atoms with Gasteiger partial charge < -0.3 is 0 Å². The van der Waals surface area contributed by atoms with Crippen LogP contribution in [0.4, 0.5) is 0 Å². The van der Waals surface area contributed by atoms with Gasteiger partial charge in [0.15, 0.2) is 0 Å². The highest BCUT2D eigenvalue weighted by Crippen LogP contribution is 2.25. The molecule has 1 saturated heterocycles. The van der Waals surface area contributed by atoms with Crippen LogP contribution in [0.25, 0.3) is 0 Å². The van der Waals surface area contributed by atoms with Gasteiger partial charge in [0.05, 0.1) is 0 Å². The lowest BCUT2D eigenvalue weighted by Gasteiger charge is -2.31. The maximum atomic E-state index is 11.5. The van der Waals surface area contributed by atoms with Gasteiger partial charge >= 0.3 is 0 Å². The fraction of sp³-hybridized carbons (Fsp3) is 0.909. The normalized spacial score (nSPS) is 25.1. The molecule has 2 nitrogen and oxygen atoms in total. The number of carbonyl (C=O) groups is 1. The first-order valence-corrected chi connectivity index (χ1v) is 5.23. The molecule has 0 amide bonds. The SMILES string of the molecule is CCC(=O)[C@@H]1CCN(C(C)(C)C)C1. The molecule has 0 aromatic rings. The number of Topliss-reactive ketones (excluding diaryl/α,β-unsaturated/α-hetero) is 1. The Morgan fingerprint density at radius 3 is 2.46 bits per heavy atom. The number of ketones is 1. The Morgan fingerprint density at radius 2 is 2.08 bits per heavy atom. The zero-order valence-electron chi connectivity index (χ0n) is 9.26. The van der Waals surface area contributed by atoms with Crippen molar-refractivity contribution >= 4 is 5.78 Å². The average molecular weight is 183 g/mol. The van der Waals surface area contributed by atoms with E-state index in [1.165, 1.54) is 0 Å². The third kappa shape index (κ3) is 2.53. The predicted octanol–water partition coefficient (Wildman–Crippen LogP) is 2.09. The van der Waals surface area contributed by atoms with Crippen molar-refractivity contribution in [2.45, 2.75) is 46.1 Å². The van der Waals surface area contributed by atoms with E-state index in [2.05, 4.69) is 25.7 Å². The van der Waals surface area contributed by atoms with E-state index in [9.17, 15) is 4.79 Å². The molecule has 0 N–H and O–H groups in total. The Labute approximate surface area is 81.3 Å². The fourth-order valence-corrected chi connectivity index (χ4v) is 1.92. The molecule has 1 atom stereocenters. The van der Waals surface area contributed by atoms with Gasteiger partial charge in [-0.05, 0) is 33.7 Å². The molecule has 76 valence electrons. The van der Waals surface area contributed by atoms with Crippen LogP contribution in [-0.2, 0) is 4.79 Å². The molecule has 1 aliphatic heterocycles. The summed E-state index contributed by atoms with van der Waals surface area (Å²) in [6.07, 6.45) is 1.76. The first-order chi connectivity index (χ1) is 5.95. The maximum absolute atomic E-state index is 11.5. The topological polar surface area (TPSA) is 20.3 Å². The van der Waals surface area contributed by atoms with Crippen LogP contribution in [0.15, 0.2) is 0 Å². The number of rotatable bonds is 2. The highest BCUT2D eigenvalue weighted by atomic mass is 16.1.